The number of carbonyl (C=O) groups is 3. The molecule has 2 heterocycles. The fourth-order valence-corrected chi connectivity index (χ4v) is 3.87. The number of esters is 1. The van der Waals surface area contributed by atoms with Crippen LogP contribution >= 0.6 is 23.2 Å². The molecule has 0 fully saturated rings. The Balaban J connectivity index is 1.64. The first-order valence-electron chi connectivity index (χ1n) is 11.2. The fraction of sp³-hybridized carbons (Fsp3) is 0.348. The van der Waals surface area contributed by atoms with Crippen molar-refractivity contribution < 1.29 is 28.6 Å². The lowest BCUT2D eigenvalue weighted by molar-refractivity contribution is -0.143. The maximum atomic E-state index is 13.2. The number of ether oxygens (including phenoxy) is 1. The summed E-state index contributed by atoms with van der Waals surface area (Å²) >= 11 is 12.0. The Kier molecular flexibility index (Phi) is 9.86. The second-order valence-electron chi connectivity index (χ2n) is 7.89. The van der Waals surface area contributed by atoms with Crippen LogP contribution in [0.2, 0.25) is 10.0 Å². The van der Waals surface area contributed by atoms with Crippen LogP contribution in [0, 0.1) is 0 Å². The molecule has 2 atom stereocenters. The number of hydrogen-bond acceptors (Lipinski definition) is 9. The number of alkyl halides is 1. The SMILES string of the molecule is CCOC(=O)CC(NC(=O)CNC(=O)c1cncc(NC2=NCC(F)CN2)c1)c1cc(Cl)cc(Cl)c1O. The number of hydrogen-bond donors (Lipinski definition) is 5. The van der Waals surface area contributed by atoms with E-state index in [2.05, 4.69) is 31.2 Å². The molecule has 0 aliphatic carbocycles. The van der Waals surface area contributed by atoms with Crippen molar-refractivity contribution in [1.82, 2.24) is 20.9 Å². The summed E-state index contributed by atoms with van der Waals surface area (Å²) in [6, 6.07) is 3.15. The number of guanidine groups is 1. The van der Waals surface area contributed by atoms with Crippen LogP contribution in [0.1, 0.15) is 35.3 Å². The summed E-state index contributed by atoms with van der Waals surface area (Å²) < 4.78 is 18.2. The lowest BCUT2D eigenvalue weighted by atomic mass is 10.0. The molecule has 2 unspecified atom stereocenters. The van der Waals surface area contributed by atoms with Crippen LogP contribution in [0.5, 0.6) is 5.75 Å². The van der Waals surface area contributed by atoms with Crippen molar-refractivity contribution in [3.8, 4) is 5.75 Å². The molecule has 5 N–H and O–H groups in total. The highest BCUT2D eigenvalue weighted by molar-refractivity contribution is 6.35. The molecule has 198 valence electrons. The number of nitrogens with zero attached hydrogens (tertiary/aromatic N) is 2. The zero-order chi connectivity index (χ0) is 26.9. The largest absolute Gasteiger partial charge is 0.506 e. The fourth-order valence-electron chi connectivity index (χ4n) is 3.36. The molecule has 37 heavy (non-hydrogen) atoms. The Hall–Kier alpha value is -3.64. The monoisotopic (exact) mass is 554 g/mol. The van der Waals surface area contributed by atoms with Gasteiger partial charge in [0.1, 0.15) is 11.9 Å². The molecule has 0 spiro atoms. The smallest absolute Gasteiger partial charge is 0.308 e. The topological polar surface area (TPSA) is 154 Å². The van der Waals surface area contributed by atoms with Crippen LogP contribution in [-0.2, 0) is 14.3 Å². The van der Waals surface area contributed by atoms with Gasteiger partial charge >= 0.3 is 5.97 Å². The van der Waals surface area contributed by atoms with Crippen molar-refractivity contribution in [1.29, 1.82) is 0 Å². The van der Waals surface area contributed by atoms with Gasteiger partial charge in [-0.2, -0.15) is 0 Å². The van der Waals surface area contributed by atoms with Gasteiger partial charge in [-0.05, 0) is 25.1 Å². The van der Waals surface area contributed by atoms with E-state index in [-0.39, 0.29) is 53.0 Å². The first-order chi connectivity index (χ1) is 17.7. The molecule has 1 aliphatic rings. The predicted octanol–water partition coefficient (Wildman–Crippen LogP) is 2.34. The maximum absolute atomic E-state index is 13.2. The van der Waals surface area contributed by atoms with Crippen LogP contribution in [0.4, 0.5) is 10.1 Å². The molecule has 1 aromatic heterocycles. The Morgan fingerprint density at radius 1 is 1.27 bits per heavy atom. The Morgan fingerprint density at radius 3 is 2.76 bits per heavy atom. The number of rotatable bonds is 9. The van der Waals surface area contributed by atoms with E-state index in [0.717, 1.165) is 0 Å². The van der Waals surface area contributed by atoms with Gasteiger partial charge in [-0.3, -0.25) is 19.4 Å². The molecular formula is C23H25Cl2FN6O5. The van der Waals surface area contributed by atoms with Crippen LogP contribution in [0.15, 0.2) is 35.6 Å². The molecular weight excluding hydrogens is 530 g/mol. The highest BCUT2D eigenvalue weighted by Gasteiger charge is 2.24. The highest BCUT2D eigenvalue weighted by atomic mass is 35.5. The van der Waals surface area contributed by atoms with Gasteiger partial charge in [-0.15, -0.1) is 0 Å². The van der Waals surface area contributed by atoms with Crippen LogP contribution in [-0.4, -0.2) is 66.2 Å². The molecule has 0 saturated carbocycles. The molecule has 0 saturated heterocycles. The highest BCUT2D eigenvalue weighted by Crippen LogP contribution is 2.36. The van der Waals surface area contributed by atoms with E-state index >= 15 is 0 Å². The van der Waals surface area contributed by atoms with E-state index in [0.29, 0.717) is 11.6 Å². The number of phenolic OH excluding ortho intramolecular Hbond substituents is 1. The average molecular weight is 555 g/mol. The number of phenols is 1. The van der Waals surface area contributed by atoms with Crippen molar-refractivity contribution in [2.24, 2.45) is 4.99 Å². The zero-order valence-corrected chi connectivity index (χ0v) is 21.2. The second kappa shape index (κ2) is 13.1. The number of amides is 2. The standard InChI is InChI=1S/C23H25Cl2FN6O5/c1-2-37-20(34)6-18(16-4-13(24)5-17(25)21(16)35)32-19(33)11-28-22(36)12-3-15(10-27-7-12)31-23-29-8-14(26)9-30-23/h3-5,7,10,14,18,35H,2,6,8-9,11H2,1H3,(H,28,36)(H,32,33)(H2,29,30,31). The van der Waals surface area contributed by atoms with E-state index in [4.69, 9.17) is 27.9 Å². The van der Waals surface area contributed by atoms with Gasteiger partial charge in [0, 0.05) is 16.8 Å². The van der Waals surface area contributed by atoms with Gasteiger partial charge in [0.05, 0.1) is 61.2 Å². The minimum atomic E-state index is -1.07. The number of anilines is 1. The third kappa shape index (κ3) is 8.19. The van der Waals surface area contributed by atoms with E-state index in [1.54, 1.807) is 6.92 Å². The summed E-state index contributed by atoms with van der Waals surface area (Å²) in [5.74, 6) is -1.86. The third-order valence-corrected chi connectivity index (χ3v) is 5.56. The Labute approximate surface area is 221 Å². The summed E-state index contributed by atoms with van der Waals surface area (Å²) in [6.07, 6.45) is 1.39. The number of carbonyl (C=O) groups excluding carboxylic acids is 3. The van der Waals surface area contributed by atoms with Crippen molar-refractivity contribution in [3.05, 3.63) is 51.8 Å². The van der Waals surface area contributed by atoms with Gasteiger partial charge in [0.2, 0.25) is 5.91 Å². The average Bonchev–Trinajstić information content (AvgIpc) is 2.86. The molecule has 1 aliphatic heterocycles. The second-order valence-corrected chi connectivity index (χ2v) is 8.74. The molecule has 0 radical (unpaired) electrons. The number of nitrogens with one attached hydrogen (secondary N) is 4. The number of aromatic hydroxyl groups is 1. The van der Waals surface area contributed by atoms with Gasteiger partial charge in [-0.25, -0.2) is 9.38 Å². The van der Waals surface area contributed by atoms with Crippen molar-refractivity contribution in [2.45, 2.75) is 25.6 Å². The summed E-state index contributed by atoms with van der Waals surface area (Å²) in [5, 5.41) is 21.2. The van der Waals surface area contributed by atoms with Gasteiger partial charge in [-0.1, -0.05) is 23.2 Å². The molecule has 3 rings (SSSR count). The first kappa shape index (κ1) is 27.9. The minimum Gasteiger partial charge on any atom is -0.506 e. The maximum Gasteiger partial charge on any atom is 0.308 e. The Bertz CT molecular complexity index is 1200. The normalized spacial score (nSPS) is 15.6. The Morgan fingerprint density at radius 2 is 2.05 bits per heavy atom. The van der Waals surface area contributed by atoms with Gasteiger partial charge < -0.3 is 31.1 Å². The number of aliphatic imine (C=N–C) groups is 1. The summed E-state index contributed by atoms with van der Waals surface area (Å²) in [4.78, 5) is 45.3. The lowest BCUT2D eigenvalue weighted by Crippen LogP contribution is -2.41. The van der Waals surface area contributed by atoms with Crippen LogP contribution < -0.4 is 21.3 Å². The van der Waals surface area contributed by atoms with Gasteiger partial charge in [0.15, 0.2) is 5.96 Å². The number of halogens is 3. The van der Waals surface area contributed by atoms with E-state index in [1.165, 1.54) is 30.6 Å². The molecule has 2 amide bonds. The molecule has 1 aromatic carbocycles. The number of pyridine rings is 1. The van der Waals surface area contributed by atoms with Crippen LogP contribution in [0.25, 0.3) is 0 Å². The van der Waals surface area contributed by atoms with Crippen LogP contribution in [0.3, 0.4) is 0 Å². The van der Waals surface area contributed by atoms with Crippen molar-refractivity contribution >= 4 is 52.6 Å². The molecule has 14 heteroatoms. The summed E-state index contributed by atoms with van der Waals surface area (Å²) in [7, 11) is 0. The van der Waals surface area contributed by atoms with E-state index in [1.807, 2.05) is 0 Å². The van der Waals surface area contributed by atoms with E-state index in [9.17, 15) is 23.9 Å². The predicted molar refractivity (Wildman–Crippen MR) is 136 cm³/mol. The molecule has 2 aromatic rings. The third-order valence-electron chi connectivity index (χ3n) is 5.06. The van der Waals surface area contributed by atoms with Crippen molar-refractivity contribution in [2.75, 3.05) is 31.6 Å². The van der Waals surface area contributed by atoms with Gasteiger partial charge in [0.25, 0.3) is 5.91 Å². The van der Waals surface area contributed by atoms with Crippen molar-refractivity contribution in [3.63, 3.8) is 0 Å². The lowest BCUT2D eigenvalue weighted by Gasteiger charge is -2.20. The quantitative estimate of drug-likeness (QED) is 0.296. The molecule has 0 bridgehead atoms. The summed E-state index contributed by atoms with van der Waals surface area (Å²) in [6.45, 7) is 1.45. The minimum absolute atomic E-state index is 0.0222. The summed E-state index contributed by atoms with van der Waals surface area (Å²) in [5.41, 5.74) is 0.704. The first-order valence-corrected chi connectivity index (χ1v) is 12.0. The number of benzene rings is 1. The molecule has 11 nitrogen and oxygen atoms in total. The number of aromatic nitrogens is 1. The van der Waals surface area contributed by atoms with E-state index < -0.39 is 36.5 Å². The zero-order valence-electron chi connectivity index (χ0n) is 19.7.